The second kappa shape index (κ2) is 9.33. The van der Waals surface area contributed by atoms with E-state index in [2.05, 4.69) is 34.5 Å². The lowest BCUT2D eigenvalue weighted by molar-refractivity contribution is -0.134. The SMILES string of the molecule is Cc1cccc(CC(=O)NCC(=O)N2CCN(Cc3ccccc3)CC2)c1. The van der Waals surface area contributed by atoms with Crippen LogP contribution in [0.5, 0.6) is 0 Å². The van der Waals surface area contributed by atoms with Crippen molar-refractivity contribution in [3.05, 3.63) is 71.3 Å². The molecule has 0 saturated carbocycles. The van der Waals surface area contributed by atoms with Crippen molar-refractivity contribution in [1.82, 2.24) is 15.1 Å². The van der Waals surface area contributed by atoms with Crippen molar-refractivity contribution < 1.29 is 9.59 Å². The number of aryl methyl sites for hydroxylation is 1. The summed E-state index contributed by atoms with van der Waals surface area (Å²) in [7, 11) is 0. The molecular weight excluding hydrogens is 338 g/mol. The molecule has 0 unspecified atom stereocenters. The van der Waals surface area contributed by atoms with Gasteiger partial charge in [-0.2, -0.15) is 0 Å². The Morgan fingerprint density at radius 1 is 0.926 bits per heavy atom. The summed E-state index contributed by atoms with van der Waals surface area (Å²) in [6.07, 6.45) is 0.305. The Balaban J connectivity index is 1.38. The number of benzene rings is 2. The second-order valence-corrected chi connectivity index (χ2v) is 7.09. The number of carbonyl (C=O) groups excluding carboxylic acids is 2. The molecule has 5 nitrogen and oxygen atoms in total. The predicted octanol–water partition coefficient (Wildman–Crippen LogP) is 2.00. The fraction of sp³-hybridized carbons (Fsp3) is 0.364. The van der Waals surface area contributed by atoms with E-state index in [1.807, 2.05) is 42.2 Å². The van der Waals surface area contributed by atoms with Gasteiger partial charge in [0.2, 0.25) is 11.8 Å². The summed E-state index contributed by atoms with van der Waals surface area (Å²) in [5.74, 6) is -0.122. The topological polar surface area (TPSA) is 52.7 Å². The van der Waals surface area contributed by atoms with Crippen LogP contribution in [0.15, 0.2) is 54.6 Å². The minimum absolute atomic E-state index is 0.00745. The summed E-state index contributed by atoms with van der Waals surface area (Å²) in [4.78, 5) is 28.6. The Labute approximate surface area is 161 Å². The monoisotopic (exact) mass is 365 g/mol. The summed E-state index contributed by atoms with van der Waals surface area (Å²) < 4.78 is 0. The Kier molecular flexibility index (Phi) is 6.60. The van der Waals surface area contributed by atoms with Crippen LogP contribution in [0.2, 0.25) is 0 Å². The van der Waals surface area contributed by atoms with E-state index >= 15 is 0 Å². The average molecular weight is 365 g/mol. The van der Waals surface area contributed by atoms with Crippen LogP contribution < -0.4 is 5.32 Å². The lowest BCUT2D eigenvalue weighted by Crippen LogP contribution is -2.50. The number of nitrogens with one attached hydrogen (secondary N) is 1. The molecule has 3 rings (SSSR count). The fourth-order valence-electron chi connectivity index (χ4n) is 3.35. The molecule has 1 heterocycles. The van der Waals surface area contributed by atoms with Crippen molar-refractivity contribution in [3.8, 4) is 0 Å². The van der Waals surface area contributed by atoms with Gasteiger partial charge in [0.15, 0.2) is 0 Å². The van der Waals surface area contributed by atoms with E-state index < -0.39 is 0 Å². The first-order valence-corrected chi connectivity index (χ1v) is 9.46. The van der Waals surface area contributed by atoms with Gasteiger partial charge in [-0.15, -0.1) is 0 Å². The maximum absolute atomic E-state index is 12.4. The van der Waals surface area contributed by atoms with Crippen LogP contribution in [0, 0.1) is 6.92 Å². The zero-order valence-corrected chi connectivity index (χ0v) is 15.9. The lowest BCUT2D eigenvalue weighted by atomic mass is 10.1. The highest BCUT2D eigenvalue weighted by Crippen LogP contribution is 2.08. The molecule has 27 heavy (non-hydrogen) atoms. The molecular formula is C22H27N3O2. The van der Waals surface area contributed by atoms with Crippen LogP contribution in [0.25, 0.3) is 0 Å². The molecule has 2 aromatic rings. The van der Waals surface area contributed by atoms with Crippen molar-refractivity contribution in [2.24, 2.45) is 0 Å². The maximum Gasteiger partial charge on any atom is 0.242 e. The van der Waals surface area contributed by atoms with Gasteiger partial charge in [-0.1, -0.05) is 60.2 Å². The van der Waals surface area contributed by atoms with E-state index in [0.717, 1.165) is 30.8 Å². The molecule has 0 bridgehead atoms. The number of carbonyl (C=O) groups is 2. The fourth-order valence-corrected chi connectivity index (χ4v) is 3.35. The normalized spacial score (nSPS) is 14.8. The Bertz CT molecular complexity index is 768. The summed E-state index contributed by atoms with van der Waals surface area (Å²) in [5, 5.41) is 2.75. The number of piperazine rings is 1. The first kappa shape index (κ1) is 19.1. The van der Waals surface area contributed by atoms with Crippen LogP contribution in [0.1, 0.15) is 16.7 Å². The lowest BCUT2D eigenvalue weighted by Gasteiger charge is -2.34. The molecule has 5 heteroatoms. The molecule has 0 spiro atoms. The molecule has 0 atom stereocenters. The molecule has 0 aliphatic carbocycles. The van der Waals surface area contributed by atoms with E-state index in [1.165, 1.54) is 5.56 Å². The van der Waals surface area contributed by atoms with E-state index in [9.17, 15) is 9.59 Å². The van der Waals surface area contributed by atoms with Crippen molar-refractivity contribution in [3.63, 3.8) is 0 Å². The van der Waals surface area contributed by atoms with E-state index in [4.69, 9.17) is 0 Å². The van der Waals surface area contributed by atoms with Crippen molar-refractivity contribution in [2.45, 2.75) is 19.9 Å². The van der Waals surface area contributed by atoms with E-state index in [-0.39, 0.29) is 18.4 Å². The predicted molar refractivity (Wildman–Crippen MR) is 106 cm³/mol. The summed E-state index contributed by atoms with van der Waals surface area (Å²) in [6.45, 7) is 6.12. The molecule has 2 amide bonds. The number of hydrogen-bond acceptors (Lipinski definition) is 3. The van der Waals surface area contributed by atoms with Crippen LogP contribution in [0.3, 0.4) is 0 Å². The quantitative estimate of drug-likeness (QED) is 0.852. The van der Waals surface area contributed by atoms with Crippen LogP contribution in [-0.4, -0.2) is 54.3 Å². The van der Waals surface area contributed by atoms with Gasteiger partial charge in [0, 0.05) is 32.7 Å². The highest BCUT2D eigenvalue weighted by Gasteiger charge is 2.21. The zero-order chi connectivity index (χ0) is 19.1. The zero-order valence-electron chi connectivity index (χ0n) is 15.9. The van der Waals surface area contributed by atoms with Gasteiger partial charge < -0.3 is 10.2 Å². The van der Waals surface area contributed by atoms with Crippen molar-refractivity contribution >= 4 is 11.8 Å². The van der Waals surface area contributed by atoms with Gasteiger partial charge in [0.25, 0.3) is 0 Å². The number of rotatable bonds is 6. The maximum atomic E-state index is 12.4. The molecule has 1 aliphatic heterocycles. The van der Waals surface area contributed by atoms with Gasteiger partial charge in [-0.3, -0.25) is 14.5 Å². The van der Waals surface area contributed by atoms with Crippen LogP contribution in [0.4, 0.5) is 0 Å². The van der Waals surface area contributed by atoms with Gasteiger partial charge in [-0.05, 0) is 18.1 Å². The molecule has 1 aliphatic rings. The van der Waals surface area contributed by atoms with Gasteiger partial charge in [-0.25, -0.2) is 0 Å². The van der Waals surface area contributed by atoms with Crippen LogP contribution >= 0.6 is 0 Å². The molecule has 1 fully saturated rings. The van der Waals surface area contributed by atoms with Gasteiger partial charge >= 0.3 is 0 Å². The summed E-state index contributed by atoms with van der Waals surface area (Å²) in [6, 6.07) is 18.2. The van der Waals surface area contributed by atoms with Gasteiger partial charge in [0.05, 0.1) is 13.0 Å². The number of hydrogen-bond donors (Lipinski definition) is 1. The molecule has 1 saturated heterocycles. The Morgan fingerprint density at radius 2 is 1.63 bits per heavy atom. The first-order valence-electron chi connectivity index (χ1n) is 9.46. The first-order chi connectivity index (χ1) is 13.1. The molecule has 0 aromatic heterocycles. The minimum atomic E-state index is -0.114. The number of amides is 2. The Hall–Kier alpha value is -2.66. The largest absolute Gasteiger partial charge is 0.347 e. The van der Waals surface area contributed by atoms with E-state index in [1.54, 1.807) is 0 Å². The third kappa shape index (κ3) is 5.93. The van der Waals surface area contributed by atoms with Gasteiger partial charge in [0.1, 0.15) is 0 Å². The summed E-state index contributed by atoms with van der Waals surface area (Å²) in [5.41, 5.74) is 3.39. The molecule has 0 radical (unpaired) electrons. The third-order valence-electron chi connectivity index (χ3n) is 4.86. The smallest absolute Gasteiger partial charge is 0.242 e. The molecule has 1 N–H and O–H groups in total. The second-order valence-electron chi connectivity index (χ2n) is 7.09. The highest BCUT2D eigenvalue weighted by molar-refractivity contribution is 5.85. The number of nitrogens with zero attached hydrogens (tertiary/aromatic N) is 2. The summed E-state index contributed by atoms with van der Waals surface area (Å²) >= 11 is 0. The van der Waals surface area contributed by atoms with Crippen molar-refractivity contribution in [1.29, 1.82) is 0 Å². The highest BCUT2D eigenvalue weighted by atomic mass is 16.2. The van der Waals surface area contributed by atoms with Crippen LogP contribution in [-0.2, 0) is 22.6 Å². The third-order valence-corrected chi connectivity index (χ3v) is 4.86. The average Bonchev–Trinajstić information content (AvgIpc) is 2.67. The molecule has 142 valence electrons. The van der Waals surface area contributed by atoms with Crippen molar-refractivity contribution in [2.75, 3.05) is 32.7 Å². The minimum Gasteiger partial charge on any atom is -0.347 e. The molecule has 2 aromatic carbocycles. The van der Waals surface area contributed by atoms with E-state index in [0.29, 0.717) is 19.5 Å². The Morgan fingerprint density at radius 3 is 2.33 bits per heavy atom. The standard InChI is InChI=1S/C22H27N3O2/c1-18-6-5-9-20(14-18)15-21(26)23-16-22(27)25-12-10-24(11-13-25)17-19-7-3-2-4-8-19/h2-9,14H,10-13,15-17H2,1H3,(H,23,26).